The fraction of sp³-hybridized carbons (Fsp3) is 0.222. The summed E-state index contributed by atoms with van der Waals surface area (Å²) >= 11 is 1.62. The van der Waals surface area contributed by atoms with Crippen LogP contribution in [0.15, 0.2) is 71.9 Å². The molecule has 0 radical (unpaired) electrons. The maximum Gasteiger partial charge on any atom is 0.262 e. The summed E-state index contributed by atoms with van der Waals surface area (Å²) in [6, 6.07) is 17.0. The maximum atomic E-state index is 13.5. The Balaban J connectivity index is 1.26. The van der Waals surface area contributed by atoms with Gasteiger partial charge in [0.25, 0.3) is 5.56 Å². The summed E-state index contributed by atoms with van der Waals surface area (Å²) in [6.07, 6.45) is 6.08. The van der Waals surface area contributed by atoms with Crippen molar-refractivity contribution in [2.75, 3.05) is 0 Å². The van der Waals surface area contributed by atoms with Gasteiger partial charge in [-0.3, -0.25) is 14.3 Å². The van der Waals surface area contributed by atoms with E-state index in [-0.39, 0.29) is 11.4 Å². The van der Waals surface area contributed by atoms with Gasteiger partial charge in [-0.25, -0.2) is 9.37 Å². The molecule has 0 amide bonds. The van der Waals surface area contributed by atoms with E-state index in [2.05, 4.69) is 15.3 Å². The Kier molecular flexibility index (Phi) is 5.43. The Hall–Kier alpha value is -3.42. The smallest absolute Gasteiger partial charge is 0.262 e. The summed E-state index contributed by atoms with van der Waals surface area (Å²) in [5, 5.41) is 5.38. The van der Waals surface area contributed by atoms with Gasteiger partial charge in [0.2, 0.25) is 0 Å². The number of aromatic nitrogens is 3. The normalized spacial score (nSPS) is 15.6. The number of hydrogen-bond donors (Lipinski definition) is 1. The third-order valence-corrected chi connectivity index (χ3v) is 7.74. The molecule has 6 rings (SSSR count). The SMILES string of the molecule is O=c1c2c3c(sc2ncn1Cc1cccc2cccnc12)CC(NCc1cccc(F)c1)CC3. The zero-order valence-corrected chi connectivity index (χ0v) is 19.3. The van der Waals surface area contributed by atoms with Gasteiger partial charge in [-0.2, -0.15) is 0 Å². The first kappa shape index (κ1) is 21.1. The minimum absolute atomic E-state index is 0.0154. The molecule has 0 fully saturated rings. The zero-order chi connectivity index (χ0) is 23.1. The Morgan fingerprint density at radius 1 is 1.12 bits per heavy atom. The molecular weight excluding hydrogens is 447 g/mol. The molecule has 1 N–H and O–H groups in total. The van der Waals surface area contributed by atoms with Crippen molar-refractivity contribution in [2.24, 2.45) is 0 Å². The first-order chi connectivity index (χ1) is 16.7. The minimum atomic E-state index is -0.212. The van der Waals surface area contributed by atoms with Gasteiger partial charge in [0.05, 0.1) is 23.8 Å². The largest absolute Gasteiger partial charge is 0.310 e. The number of halogens is 1. The Morgan fingerprint density at radius 3 is 2.91 bits per heavy atom. The fourth-order valence-corrected chi connectivity index (χ4v) is 6.13. The van der Waals surface area contributed by atoms with Gasteiger partial charge in [-0.1, -0.05) is 36.4 Å². The van der Waals surface area contributed by atoms with Gasteiger partial charge in [-0.15, -0.1) is 11.3 Å². The average Bonchev–Trinajstić information content (AvgIpc) is 3.23. The lowest BCUT2D eigenvalue weighted by atomic mass is 9.93. The van der Waals surface area contributed by atoms with Crippen LogP contribution in [-0.2, 0) is 25.9 Å². The van der Waals surface area contributed by atoms with E-state index in [4.69, 9.17) is 0 Å². The molecule has 170 valence electrons. The number of nitrogens with zero attached hydrogens (tertiary/aromatic N) is 3. The second-order valence-corrected chi connectivity index (χ2v) is 9.89. The van der Waals surface area contributed by atoms with Gasteiger partial charge in [0, 0.05) is 29.0 Å². The lowest BCUT2D eigenvalue weighted by Gasteiger charge is -2.23. The van der Waals surface area contributed by atoms with Gasteiger partial charge in [0.1, 0.15) is 10.6 Å². The molecule has 2 aromatic carbocycles. The standard InChI is InChI=1S/C27H23FN4OS/c28-20-8-1-4-17(12-20)14-30-21-9-10-22-23(13-21)34-26-24(22)27(33)32(16-31-26)15-19-6-2-5-18-7-3-11-29-25(18)19/h1-8,11-12,16,21,30H,9-10,13-15H2. The number of nitrogens with one attached hydrogen (secondary N) is 1. The summed E-state index contributed by atoms with van der Waals surface area (Å²) in [7, 11) is 0. The third kappa shape index (κ3) is 3.91. The molecule has 0 bridgehead atoms. The summed E-state index contributed by atoms with van der Waals surface area (Å²) in [4.78, 5) is 24.7. The van der Waals surface area contributed by atoms with Crippen LogP contribution >= 0.6 is 11.3 Å². The number of thiophene rings is 1. The Bertz CT molecular complexity index is 1570. The summed E-state index contributed by atoms with van der Waals surface area (Å²) < 4.78 is 15.2. The van der Waals surface area contributed by atoms with E-state index in [1.807, 2.05) is 36.4 Å². The zero-order valence-electron chi connectivity index (χ0n) is 18.5. The van der Waals surface area contributed by atoms with Crippen molar-refractivity contribution in [1.82, 2.24) is 19.9 Å². The number of benzene rings is 2. The van der Waals surface area contributed by atoms with Crippen molar-refractivity contribution in [1.29, 1.82) is 0 Å². The first-order valence-electron chi connectivity index (χ1n) is 11.5. The van der Waals surface area contributed by atoms with Crippen molar-refractivity contribution in [2.45, 2.75) is 38.4 Å². The second-order valence-electron chi connectivity index (χ2n) is 8.80. The topological polar surface area (TPSA) is 59.8 Å². The molecule has 0 spiro atoms. The Morgan fingerprint density at radius 2 is 2.00 bits per heavy atom. The van der Waals surface area contributed by atoms with Crippen LogP contribution in [-0.4, -0.2) is 20.6 Å². The number of pyridine rings is 1. The lowest BCUT2D eigenvalue weighted by Crippen LogP contribution is -2.33. The van der Waals surface area contributed by atoms with E-state index in [1.54, 1.807) is 40.6 Å². The van der Waals surface area contributed by atoms with E-state index >= 15 is 0 Å². The van der Waals surface area contributed by atoms with Crippen LogP contribution < -0.4 is 10.9 Å². The highest BCUT2D eigenvalue weighted by Crippen LogP contribution is 2.34. The van der Waals surface area contributed by atoms with Crippen LogP contribution in [0.5, 0.6) is 0 Å². The summed E-state index contributed by atoms with van der Waals surface area (Å²) in [5.74, 6) is -0.212. The van der Waals surface area contributed by atoms with Crippen LogP contribution in [0.3, 0.4) is 0 Å². The van der Waals surface area contributed by atoms with E-state index in [0.29, 0.717) is 19.1 Å². The average molecular weight is 471 g/mol. The number of rotatable bonds is 5. The first-order valence-corrected chi connectivity index (χ1v) is 12.3. The monoisotopic (exact) mass is 470 g/mol. The number of aryl methyl sites for hydroxylation is 1. The van der Waals surface area contributed by atoms with Crippen LogP contribution in [0.4, 0.5) is 4.39 Å². The summed E-state index contributed by atoms with van der Waals surface area (Å²) in [6.45, 7) is 1.07. The molecule has 1 aliphatic carbocycles. The lowest BCUT2D eigenvalue weighted by molar-refractivity contribution is 0.462. The second kappa shape index (κ2) is 8.74. The van der Waals surface area contributed by atoms with Crippen molar-refractivity contribution in [3.63, 3.8) is 0 Å². The van der Waals surface area contributed by atoms with E-state index in [9.17, 15) is 9.18 Å². The molecule has 34 heavy (non-hydrogen) atoms. The van der Waals surface area contributed by atoms with Gasteiger partial charge < -0.3 is 5.32 Å². The molecule has 1 atom stereocenters. The predicted molar refractivity (Wildman–Crippen MR) is 134 cm³/mol. The molecule has 0 aliphatic heterocycles. The molecule has 5 aromatic rings. The number of fused-ring (bicyclic) bond motifs is 4. The van der Waals surface area contributed by atoms with Crippen molar-refractivity contribution in [3.8, 4) is 0 Å². The van der Waals surface area contributed by atoms with Crippen LogP contribution in [0.2, 0.25) is 0 Å². The highest BCUT2D eigenvalue weighted by Gasteiger charge is 2.25. The van der Waals surface area contributed by atoms with Crippen LogP contribution in [0, 0.1) is 5.82 Å². The Labute approximate surface area is 199 Å². The quantitative estimate of drug-likeness (QED) is 0.399. The molecule has 1 unspecified atom stereocenters. The highest BCUT2D eigenvalue weighted by atomic mass is 32.1. The van der Waals surface area contributed by atoms with E-state index in [0.717, 1.165) is 57.1 Å². The summed E-state index contributed by atoms with van der Waals surface area (Å²) in [5.41, 5.74) is 4.02. The van der Waals surface area contributed by atoms with E-state index < -0.39 is 0 Å². The van der Waals surface area contributed by atoms with Crippen molar-refractivity contribution in [3.05, 3.63) is 105 Å². The van der Waals surface area contributed by atoms with Gasteiger partial charge in [-0.05, 0) is 54.2 Å². The predicted octanol–water partition coefficient (Wildman–Crippen LogP) is 4.84. The maximum absolute atomic E-state index is 13.5. The molecule has 0 saturated carbocycles. The number of para-hydroxylation sites is 1. The van der Waals surface area contributed by atoms with Crippen LogP contribution in [0.25, 0.3) is 21.1 Å². The fourth-order valence-electron chi connectivity index (χ4n) is 4.88. The molecule has 0 saturated heterocycles. The minimum Gasteiger partial charge on any atom is -0.310 e. The van der Waals surface area contributed by atoms with E-state index in [1.165, 1.54) is 10.9 Å². The molecule has 7 heteroatoms. The molecular formula is C27H23FN4OS. The third-order valence-electron chi connectivity index (χ3n) is 6.58. The van der Waals surface area contributed by atoms with Crippen molar-refractivity contribution < 1.29 is 4.39 Å². The van der Waals surface area contributed by atoms with Crippen LogP contribution in [0.1, 0.15) is 28.0 Å². The molecule has 5 nitrogen and oxygen atoms in total. The highest BCUT2D eigenvalue weighted by molar-refractivity contribution is 7.18. The van der Waals surface area contributed by atoms with Gasteiger partial charge >= 0.3 is 0 Å². The number of hydrogen-bond acceptors (Lipinski definition) is 5. The molecule has 3 aromatic heterocycles. The molecule has 3 heterocycles. The van der Waals surface area contributed by atoms with Gasteiger partial charge in [0.15, 0.2) is 0 Å². The molecule has 1 aliphatic rings. The van der Waals surface area contributed by atoms with Crippen molar-refractivity contribution >= 4 is 32.5 Å².